The molecule has 0 aliphatic heterocycles. The van der Waals surface area contributed by atoms with Crippen LogP contribution in [0.25, 0.3) is 0 Å². The summed E-state index contributed by atoms with van der Waals surface area (Å²) in [6.45, 7) is 4.67. The Balaban J connectivity index is 4.20. The predicted octanol–water partition coefficient (Wildman–Crippen LogP) is 15.4. The maximum atomic E-state index is 12.8. The summed E-state index contributed by atoms with van der Waals surface area (Å²) >= 11 is 0. The van der Waals surface area contributed by atoms with Gasteiger partial charge in [0.1, 0.15) is 6.61 Å². The van der Waals surface area contributed by atoms with Gasteiger partial charge in [-0.05, 0) is 44.9 Å². The summed E-state index contributed by atoms with van der Waals surface area (Å²) in [6.07, 6.45) is 54.8. The number of carbonyl (C=O) groups is 3. The fraction of sp³-hybridized carbons (Fsp3) is 0.836. The zero-order valence-corrected chi connectivity index (χ0v) is 42.0. The standard InChI is InChI=1S/C55H101NO7/c1-6-8-10-12-14-16-18-20-22-24-26-27-28-30-32-34-36-38-40-42-44-46-54(58)63-51(49-61-48-47-52(55(59)60)56(3,4)5)50-62-53(57)45-43-41-39-37-35-33-31-29-25-23-21-19-17-15-13-11-9-7-2/h8,10,14,16,20,22,51-52H,6-7,9,11-13,15,17-19,21,23-50H2,1-5H3/p+1/b10-8+,16-14+,22-20+. The molecule has 63 heavy (non-hydrogen) atoms. The van der Waals surface area contributed by atoms with Crippen LogP contribution in [-0.4, -0.2) is 80.6 Å². The van der Waals surface area contributed by atoms with E-state index in [4.69, 9.17) is 14.2 Å². The van der Waals surface area contributed by atoms with Gasteiger partial charge < -0.3 is 23.8 Å². The van der Waals surface area contributed by atoms with E-state index < -0.39 is 18.1 Å². The molecule has 0 amide bonds. The Labute approximate surface area is 389 Å². The third-order valence-corrected chi connectivity index (χ3v) is 12.1. The smallest absolute Gasteiger partial charge is 0.362 e. The number of unbranched alkanes of at least 4 members (excludes halogenated alkanes) is 28. The van der Waals surface area contributed by atoms with Crippen LogP contribution in [0.15, 0.2) is 36.5 Å². The lowest BCUT2D eigenvalue weighted by Crippen LogP contribution is -2.50. The Bertz CT molecular complexity index is 1130. The van der Waals surface area contributed by atoms with Gasteiger partial charge in [-0.3, -0.25) is 9.59 Å². The lowest BCUT2D eigenvalue weighted by molar-refractivity contribution is -0.887. The fourth-order valence-electron chi connectivity index (χ4n) is 7.99. The van der Waals surface area contributed by atoms with Crippen molar-refractivity contribution in [2.75, 3.05) is 41.0 Å². The summed E-state index contributed by atoms with van der Waals surface area (Å²) in [7, 11) is 5.54. The molecule has 0 saturated heterocycles. The van der Waals surface area contributed by atoms with Gasteiger partial charge in [0.05, 0.1) is 34.4 Å². The van der Waals surface area contributed by atoms with Gasteiger partial charge in [-0.15, -0.1) is 0 Å². The Morgan fingerprint density at radius 2 is 0.889 bits per heavy atom. The topological polar surface area (TPSA) is 99.1 Å². The first kappa shape index (κ1) is 60.5. The first-order chi connectivity index (χ1) is 30.6. The van der Waals surface area contributed by atoms with E-state index in [1.54, 1.807) is 0 Å². The van der Waals surface area contributed by atoms with Crippen LogP contribution in [0.2, 0.25) is 0 Å². The molecule has 2 unspecified atom stereocenters. The van der Waals surface area contributed by atoms with Crippen LogP contribution in [0, 0.1) is 0 Å². The zero-order valence-electron chi connectivity index (χ0n) is 42.0. The van der Waals surface area contributed by atoms with Crippen molar-refractivity contribution in [3.8, 4) is 0 Å². The number of esters is 2. The first-order valence-corrected chi connectivity index (χ1v) is 26.5. The SMILES string of the molecule is CC/C=C/C/C=C/C/C=C/CCCCCCCCCCCCCC(=O)OC(COCCC(C(=O)O)[N+](C)(C)C)COC(=O)CCCCCCCCCCCCCCCCCCCC. The van der Waals surface area contributed by atoms with Crippen molar-refractivity contribution < 1.29 is 38.2 Å². The number of hydrogen-bond donors (Lipinski definition) is 1. The highest BCUT2D eigenvalue weighted by molar-refractivity contribution is 5.72. The van der Waals surface area contributed by atoms with Crippen LogP contribution >= 0.6 is 0 Å². The second kappa shape index (κ2) is 46.1. The second-order valence-corrected chi connectivity index (χ2v) is 19.1. The zero-order chi connectivity index (χ0) is 46.3. The number of nitrogens with zero attached hydrogens (tertiary/aromatic N) is 1. The van der Waals surface area contributed by atoms with E-state index in [-0.39, 0.29) is 36.2 Å². The number of likely N-dealkylation sites (N-methyl/N-ethyl adjacent to an activating group) is 1. The fourth-order valence-corrected chi connectivity index (χ4v) is 7.99. The summed E-state index contributed by atoms with van der Waals surface area (Å²) in [4.78, 5) is 37.2. The van der Waals surface area contributed by atoms with E-state index >= 15 is 0 Å². The highest BCUT2D eigenvalue weighted by atomic mass is 16.6. The van der Waals surface area contributed by atoms with E-state index in [1.165, 1.54) is 154 Å². The van der Waals surface area contributed by atoms with E-state index in [2.05, 4.69) is 50.3 Å². The molecular formula is C55H102NO7+. The highest BCUT2D eigenvalue weighted by Gasteiger charge is 2.31. The number of carbonyl (C=O) groups excluding carboxylic acids is 2. The molecule has 8 heteroatoms. The van der Waals surface area contributed by atoms with Crippen molar-refractivity contribution in [2.45, 2.75) is 257 Å². The van der Waals surface area contributed by atoms with Crippen molar-refractivity contribution >= 4 is 17.9 Å². The van der Waals surface area contributed by atoms with Crippen LogP contribution in [0.4, 0.5) is 0 Å². The van der Waals surface area contributed by atoms with Crippen molar-refractivity contribution in [3.63, 3.8) is 0 Å². The van der Waals surface area contributed by atoms with Crippen LogP contribution in [0.5, 0.6) is 0 Å². The lowest BCUT2D eigenvalue weighted by Gasteiger charge is -2.31. The lowest BCUT2D eigenvalue weighted by atomic mass is 10.0. The Morgan fingerprint density at radius 3 is 1.32 bits per heavy atom. The Morgan fingerprint density at radius 1 is 0.492 bits per heavy atom. The minimum absolute atomic E-state index is 0.0478. The molecule has 0 spiro atoms. The van der Waals surface area contributed by atoms with Crippen molar-refractivity contribution in [1.29, 1.82) is 0 Å². The average Bonchev–Trinajstić information content (AvgIpc) is 3.24. The monoisotopic (exact) mass is 889 g/mol. The molecule has 2 atom stereocenters. The minimum atomic E-state index is -0.872. The van der Waals surface area contributed by atoms with Crippen molar-refractivity contribution in [2.24, 2.45) is 0 Å². The van der Waals surface area contributed by atoms with E-state index in [0.29, 0.717) is 19.3 Å². The molecular weight excluding hydrogens is 787 g/mol. The summed E-state index contributed by atoms with van der Waals surface area (Å²) in [5.41, 5.74) is 0. The van der Waals surface area contributed by atoms with E-state index in [1.807, 2.05) is 21.1 Å². The number of aliphatic carboxylic acids is 1. The summed E-state index contributed by atoms with van der Waals surface area (Å²) in [6, 6.07) is -0.614. The summed E-state index contributed by atoms with van der Waals surface area (Å²) < 4.78 is 17.4. The summed E-state index contributed by atoms with van der Waals surface area (Å²) in [5.74, 6) is -1.45. The van der Waals surface area contributed by atoms with Gasteiger partial charge in [-0.25, -0.2) is 4.79 Å². The molecule has 0 bridgehead atoms. The molecule has 0 rings (SSSR count). The first-order valence-electron chi connectivity index (χ1n) is 26.5. The molecule has 0 fully saturated rings. The number of quaternary nitrogens is 1. The average molecular weight is 889 g/mol. The number of carboxylic acid groups (broad SMARTS) is 1. The number of carboxylic acids is 1. The largest absolute Gasteiger partial charge is 0.477 e. The predicted molar refractivity (Wildman–Crippen MR) is 266 cm³/mol. The number of rotatable bonds is 48. The van der Waals surface area contributed by atoms with Crippen molar-refractivity contribution in [3.05, 3.63) is 36.5 Å². The van der Waals surface area contributed by atoms with Crippen LogP contribution in [0.1, 0.15) is 245 Å². The third-order valence-electron chi connectivity index (χ3n) is 12.1. The molecule has 0 aromatic heterocycles. The number of ether oxygens (including phenoxy) is 3. The quantitative estimate of drug-likeness (QED) is 0.0281. The molecule has 0 radical (unpaired) electrons. The maximum absolute atomic E-state index is 12.8. The molecule has 8 nitrogen and oxygen atoms in total. The number of allylic oxidation sites excluding steroid dienone is 6. The van der Waals surface area contributed by atoms with Gasteiger partial charge in [0.25, 0.3) is 0 Å². The Hall–Kier alpha value is -2.45. The summed E-state index contributed by atoms with van der Waals surface area (Å²) in [5, 5.41) is 9.66. The molecule has 0 aliphatic rings. The normalized spacial score (nSPS) is 13.1. The molecule has 0 aliphatic carbocycles. The van der Waals surface area contributed by atoms with Gasteiger partial charge in [0.15, 0.2) is 12.1 Å². The third kappa shape index (κ3) is 44.5. The molecule has 0 heterocycles. The molecule has 0 aromatic carbocycles. The molecule has 0 saturated carbocycles. The van der Waals surface area contributed by atoms with Crippen molar-refractivity contribution in [1.82, 2.24) is 0 Å². The van der Waals surface area contributed by atoms with Gasteiger partial charge in [-0.1, -0.05) is 217 Å². The van der Waals surface area contributed by atoms with Gasteiger partial charge >= 0.3 is 17.9 Å². The number of hydrogen-bond acceptors (Lipinski definition) is 6. The van der Waals surface area contributed by atoms with Crippen LogP contribution in [0.3, 0.4) is 0 Å². The van der Waals surface area contributed by atoms with Gasteiger partial charge in [-0.2, -0.15) is 0 Å². The molecule has 1 N–H and O–H groups in total. The van der Waals surface area contributed by atoms with E-state index in [0.717, 1.165) is 57.8 Å². The highest BCUT2D eigenvalue weighted by Crippen LogP contribution is 2.17. The van der Waals surface area contributed by atoms with Crippen LogP contribution in [-0.2, 0) is 28.6 Å². The second-order valence-electron chi connectivity index (χ2n) is 19.1. The Kier molecular flexibility index (Phi) is 44.3. The minimum Gasteiger partial charge on any atom is -0.477 e. The molecule has 368 valence electrons. The van der Waals surface area contributed by atoms with Crippen LogP contribution < -0.4 is 0 Å². The van der Waals surface area contributed by atoms with Gasteiger partial charge in [0.2, 0.25) is 0 Å². The maximum Gasteiger partial charge on any atom is 0.362 e. The molecule has 0 aromatic rings. The van der Waals surface area contributed by atoms with E-state index in [9.17, 15) is 19.5 Å². The van der Waals surface area contributed by atoms with Gasteiger partial charge in [0, 0.05) is 19.3 Å².